The highest BCUT2D eigenvalue weighted by Gasteiger charge is 2.22. The van der Waals surface area contributed by atoms with Crippen LogP contribution in [0, 0.1) is 11.3 Å². The molecule has 1 aliphatic rings. The highest BCUT2D eigenvalue weighted by molar-refractivity contribution is 7.16. The molecule has 0 saturated heterocycles. The van der Waals surface area contributed by atoms with E-state index in [0.29, 0.717) is 21.9 Å². The summed E-state index contributed by atoms with van der Waals surface area (Å²) in [5.41, 5.74) is 2.26. The molecule has 6 heteroatoms. The summed E-state index contributed by atoms with van der Waals surface area (Å²) >= 11 is 1.52. The lowest BCUT2D eigenvalue weighted by atomic mass is 10.1. The van der Waals surface area contributed by atoms with Crippen molar-refractivity contribution < 1.29 is 13.9 Å². The Hall–Kier alpha value is -2.78. The molecular formula is C20H18N2O3S. The van der Waals surface area contributed by atoms with Crippen molar-refractivity contribution in [2.24, 2.45) is 0 Å². The van der Waals surface area contributed by atoms with Crippen LogP contribution in [0.4, 0.5) is 5.00 Å². The Morgan fingerprint density at radius 3 is 2.96 bits per heavy atom. The molecule has 3 aromatic rings. The van der Waals surface area contributed by atoms with E-state index in [1.807, 2.05) is 12.1 Å². The fraction of sp³-hybridized carbons (Fsp3) is 0.300. The highest BCUT2D eigenvalue weighted by atomic mass is 32.1. The van der Waals surface area contributed by atoms with Crippen LogP contribution in [0.5, 0.6) is 5.75 Å². The van der Waals surface area contributed by atoms with Crippen molar-refractivity contribution in [3.05, 3.63) is 46.0 Å². The van der Waals surface area contributed by atoms with Crippen molar-refractivity contribution in [1.29, 1.82) is 5.26 Å². The quantitative estimate of drug-likeness (QED) is 0.669. The average Bonchev–Trinajstić information content (AvgIpc) is 3.15. The number of para-hydroxylation sites is 1. The maximum atomic E-state index is 12.7. The van der Waals surface area contributed by atoms with E-state index < -0.39 is 0 Å². The summed E-state index contributed by atoms with van der Waals surface area (Å²) in [5, 5.41) is 13.9. The van der Waals surface area contributed by atoms with Gasteiger partial charge in [0.2, 0.25) is 0 Å². The minimum atomic E-state index is -0.351. The molecule has 0 saturated carbocycles. The van der Waals surface area contributed by atoms with Gasteiger partial charge in [0.25, 0.3) is 5.91 Å². The van der Waals surface area contributed by atoms with E-state index in [1.54, 1.807) is 19.2 Å². The molecule has 5 nitrogen and oxygen atoms in total. The summed E-state index contributed by atoms with van der Waals surface area (Å²) in [6.07, 6.45) is 5.30. The number of aryl methyl sites for hydroxylation is 1. The van der Waals surface area contributed by atoms with E-state index in [0.717, 1.165) is 36.6 Å². The third-order valence-electron chi connectivity index (χ3n) is 4.71. The number of hydrogen-bond donors (Lipinski definition) is 1. The number of hydrogen-bond acceptors (Lipinski definition) is 5. The number of amides is 1. The Bertz CT molecular complexity index is 1030. The summed E-state index contributed by atoms with van der Waals surface area (Å²) in [4.78, 5) is 13.9. The number of carbonyl (C=O) groups is 1. The molecule has 0 aliphatic heterocycles. The van der Waals surface area contributed by atoms with E-state index in [4.69, 9.17) is 9.15 Å². The van der Waals surface area contributed by atoms with E-state index >= 15 is 0 Å². The molecule has 2 aromatic heterocycles. The van der Waals surface area contributed by atoms with Crippen LogP contribution in [-0.4, -0.2) is 13.0 Å². The van der Waals surface area contributed by atoms with Crippen molar-refractivity contribution in [3.63, 3.8) is 0 Å². The molecule has 1 amide bonds. The molecule has 0 spiro atoms. The number of nitriles is 1. The monoisotopic (exact) mass is 366 g/mol. The lowest BCUT2D eigenvalue weighted by molar-refractivity contribution is 0.0999. The van der Waals surface area contributed by atoms with Gasteiger partial charge >= 0.3 is 0 Å². The first-order chi connectivity index (χ1) is 12.7. The van der Waals surface area contributed by atoms with E-state index in [9.17, 15) is 10.1 Å². The first-order valence-corrected chi connectivity index (χ1v) is 9.45. The van der Waals surface area contributed by atoms with E-state index in [1.165, 1.54) is 22.6 Å². The highest BCUT2D eigenvalue weighted by Crippen LogP contribution is 2.37. The van der Waals surface area contributed by atoms with Crippen LogP contribution in [0.15, 0.2) is 28.7 Å². The van der Waals surface area contributed by atoms with Crippen molar-refractivity contribution in [1.82, 2.24) is 0 Å². The van der Waals surface area contributed by atoms with Gasteiger partial charge < -0.3 is 14.5 Å². The molecule has 0 atom stereocenters. The fourth-order valence-electron chi connectivity index (χ4n) is 3.42. The van der Waals surface area contributed by atoms with Crippen LogP contribution in [-0.2, 0) is 12.8 Å². The first-order valence-electron chi connectivity index (χ1n) is 8.64. The first kappa shape index (κ1) is 16.7. The smallest absolute Gasteiger partial charge is 0.292 e. The number of nitrogens with one attached hydrogen (secondary N) is 1. The largest absolute Gasteiger partial charge is 0.493 e. The molecule has 0 radical (unpaired) electrons. The molecule has 1 aromatic carbocycles. The van der Waals surface area contributed by atoms with E-state index in [-0.39, 0.29) is 11.7 Å². The Kier molecular flexibility index (Phi) is 4.39. The predicted octanol–water partition coefficient (Wildman–Crippen LogP) is 4.90. The van der Waals surface area contributed by atoms with Crippen molar-refractivity contribution in [2.75, 3.05) is 12.4 Å². The third-order valence-corrected chi connectivity index (χ3v) is 5.92. The molecule has 26 heavy (non-hydrogen) atoms. The van der Waals surface area contributed by atoms with Gasteiger partial charge in [0, 0.05) is 10.3 Å². The Morgan fingerprint density at radius 2 is 2.15 bits per heavy atom. The Labute approximate surface area is 155 Å². The summed E-state index contributed by atoms with van der Waals surface area (Å²) in [7, 11) is 1.56. The normalized spacial score (nSPS) is 13.7. The molecule has 0 unspecified atom stereocenters. The van der Waals surface area contributed by atoms with Gasteiger partial charge in [0.1, 0.15) is 11.1 Å². The zero-order valence-corrected chi connectivity index (χ0v) is 15.2. The fourth-order valence-corrected chi connectivity index (χ4v) is 4.66. The predicted molar refractivity (Wildman–Crippen MR) is 101 cm³/mol. The average molecular weight is 366 g/mol. The molecule has 132 valence electrons. The summed E-state index contributed by atoms with van der Waals surface area (Å²) in [6.45, 7) is 0. The lowest BCUT2D eigenvalue weighted by Gasteiger charge is -2.02. The van der Waals surface area contributed by atoms with Gasteiger partial charge in [0.05, 0.1) is 12.7 Å². The molecule has 1 N–H and O–H groups in total. The zero-order valence-electron chi connectivity index (χ0n) is 14.4. The number of fused-ring (bicyclic) bond motifs is 2. The van der Waals surface area contributed by atoms with Crippen LogP contribution in [0.3, 0.4) is 0 Å². The minimum absolute atomic E-state index is 0.206. The van der Waals surface area contributed by atoms with E-state index in [2.05, 4.69) is 11.4 Å². The number of nitrogens with zero attached hydrogens (tertiary/aromatic N) is 1. The molecule has 0 bridgehead atoms. The number of thiophene rings is 1. The number of carbonyl (C=O) groups excluding carboxylic acids is 1. The number of ether oxygens (including phenoxy) is 1. The third kappa shape index (κ3) is 2.85. The van der Waals surface area contributed by atoms with Crippen molar-refractivity contribution in [2.45, 2.75) is 32.1 Å². The Balaban J connectivity index is 1.66. The maximum absolute atomic E-state index is 12.7. The molecule has 0 fully saturated rings. The second-order valence-electron chi connectivity index (χ2n) is 6.32. The van der Waals surface area contributed by atoms with Gasteiger partial charge in [-0.15, -0.1) is 11.3 Å². The minimum Gasteiger partial charge on any atom is -0.493 e. The Morgan fingerprint density at radius 1 is 1.31 bits per heavy atom. The van der Waals surface area contributed by atoms with Crippen LogP contribution in [0.25, 0.3) is 11.0 Å². The topological polar surface area (TPSA) is 75.3 Å². The second kappa shape index (κ2) is 6.85. The van der Waals surface area contributed by atoms with Crippen LogP contribution >= 0.6 is 11.3 Å². The second-order valence-corrected chi connectivity index (χ2v) is 7.43. The molecule has 1 aliphatic carbocycles. The van der Waals surface area contributed by atoms with Crippen LogP contribution in [0.2, 0.25) is 0 Å². The summed E-state index contributed by atoms with van der Waals surface area (Å²) in [5.74, 6) is 0.440. The van der Waals surface area contributed by atoms with Gasteiger partial charge in [-0.3, -0.25) is 4.79 Å². The number of rotatable bonds is 3. The van der Waals surface area contributed by atoms with Gasteiger partial charge in [-0.1, -0.05) is 18.6 Å². The van der Waals surface area contributed by atoms with Gasteiger partial charge in [-0.2, -0.15) is 5.26 Å². The van der Waals surface area contributed by atoms with Gasteiger partial charge in [0.15, 0.2) is 17.1 Å². The molecule has 2 heterocycles. The summed E-state index contributed by atoms with van der Waals surface area (Å²) < 4.78 is 11.0. The van der Waals surface area contributed by atoms with Crippen LogP contribution < -0.4 is 10.1 Å². The number of benzene rings is 1. The SMILES string of the molecule is COc1cccc2cc(C(=O)Nc3sc4c(c3C#N)CCCCC4)oc12. The standard InChI is InChI=1S/C20H18N2O3S/c1-24-15-8-5-6-12-10-16(25-18(12)15)19(23)22-20-14(11-21)13-7-3-2-4-9-17(13)26-20/h5-6,8,10H,2-4,7,9H2,1H3,(H,22,23). The number of anilines is 1. The van der Waals surface area contributed by atoms with Crippen molar-refractivity contribution >= 4 is 33.2 Å². The number of furan rings is 1. The zero-order chi connectivity index (χ0) is 18.1. The molecular weight excluding hydrogens is 348 g/mol. The maximum Gasteiger partial charge on any atom is 0.292 e. The van der Waals surface area contributed by atoms with Gasteiger partial charge in [-0.25, -0.2) is 0 Å². The summed E-state index contributed by atoms with van der Waals surface area (Å²) in [6, 6.07) is 9.48. The number of methoxy groups -OCH3 is 1. The van der Waals surface area contributed by atoms with Crippen molar-refractivity contribution in [3.8, 4) is 11.8 Å². The van der Waals surface area contributed by atoms with Crippen LogP contribution in [0.1, 0.15) is 45.8 Å². The van der Waals surface area contributed by atoms with Gasteiger partial charge in [-0.05, 0) is 43.4 Å². The molecule has 4 rings (SSSR count). The lowest BCUT2D eigenvalue weighted by Crippen LogP contribution is -2.10.